The van der Waals surface area contributed by atoms with Gasteiger partial charge in [0.2, 0.25) is 0 Å². The third-order valence-corrected chi connectivity index (χ3v) is 6.37. The number of hydrogen-bond acceptors (Lipinski definition) is 5. The predicted molar refractivity (Wildman–Crippen MR) is 132 cm³/mol. The molecule has 2 aromatic heterocycles. The molecule has 34 heavy (non-hydrogen) atoms. The monoisotopic (exact) mass is 464 g/mol. The summed E-state index contributed by atoms with van der Waals surface area (Å²) in [6.07, 6.45) is 3.92. The zero-order valence-electron chi connectivity index (χ0n) is 21.0. The molecule has 1 saturated heterocycles. The lowest BCUT2D eigenvalue weighted by Gasteiger charge is -2.34. The lowest BCUT2D eigenvalue weighted by atomic mass is 9.87. The largest absolute Gasteiger partial charge is 0.471 e. The van der Waals surface area contributed by atoms with Crippen molar-refractivity contribution in [3.8, 4) is 5.75 Å². The van der Waals surface area contributed by atoms with Gasteiger partial charge < -0.3 is 9.64 Å². The second kappa shape index (κ2) is 10.0. The van der Waals surface area contributed by atoms with Crippen molar-refractivity contribution >= 4 is 5.91 Å². The molecule has 1 aromatic carbocycles. The second-order valence-electron chi connectivity index (χ2n) is 9.95. The molecule has 1 aliphatic rings. The number of aryl methyl sites for hydroxylation is 2. The number of ether oxygens (including phenoxy) is 1. The number of piperazine rings is 1. The van der Waals surface area contributed by atoms with E-state index in [1.165, 1.54) is 11.1 Å². The molecule has 8 nitrogen and oxygen atoms in total. The highest BCUT2D eigenvalue weighted by Crippen LogP contribution is 2.24. The smallest absolute Gasteiger partial charge is 0.274 e. The standard InChI is InChI=1S/C26H36N6O2/c1-6-31-18-21(20(2)27-31)17-29-13-15-30(16-14-29)25(33)24-11-12-32(28-24)19-34-23-9-7-22(8-10-23)26(3,4)5/h7-12,18H,6,13-17,19H2,1-5H3. The van der Waals surface area contributed by atoms with Gasteiger partial charge in [0.25, 0.3) is 5.91 Å². The number of benzene rings is 1. The molecule has 0 aliphatic carbocycles. The minimum absolute atomic E-state index is 0.0251. The van der Waals surface area contributed by atoms with E-state index in [1.54, 1.807) is 16.9 Å². The second-order valence-corrected chi connectivity index (χ2v) is 9.95. The third-order valence-electron chi connectivity index (χ3n) is 6.37. The number of aromatic nitrogens is 4. The normalized spacial score (nSPS) is 15.0. The molecule has 8 heteroatoms. The van der Waals surface area contributed by atoms with Crippen LogP contribution in [0.15, 0.2) is 42.7 Å². The molecule has 0 bridgehead atoms. The molecule has 1 amide bonds. The average Bonchev–Trinajstić information content (AvgIpc) is 3.44. The van der Waals surface area contributed by atoms with Crippen molar-refractivity contribution in [3.63, 3.8) is 0 Å². The first-order valence-corrected chi connectivity index (χ1v) is 12.0. The molecule has 0 atom stereocenters. The van der Waals surface area contributed by atoms with E-state index in [9.17, 15) is 4.79 Å². The molecule has 182 valence electrons. The van der Waals surface area contributed by atoms with Gasteiger partial charge in [-0.25, -0.2) is 4.68 Å². The molecule has 0 N–H and O–H groups in total. The quantitative estimate of drug-likeness (QED) is 0.533. The molecule has 1 aliphatic heterocycles. The Morgan fingerprint density at radius 3 is 2.32 bits per heavy atom. The van der Waals surface area contributed by atoms with Crippen molar-refractivity contribution in [2.75, 3.05) is 26.2 Å². The summed E-state index contributed by atoms with van der Waals surface area (Å²) >= 11 is 0. The van der Waals surface area contributed by atoms with Crippen molar-refractivity contribution in [1.29, 1.82) is 0 Å². The Balaban J connectivity index is 1.27. The minimum Gasteiger partial charge on any atom is -0.471 e. The van der Waals surface area contributed by atoms with E-state index < -0.39 is 0 Å². The van der Waals surface area contributed by atoms with Gasteiger partial charge in [0, 0.05) is 57.2 Å². The predicted octanol–water partition coefficient (Wildman–Crippen LogP) is 3.70. The maximum absolute atomic E-state index is 13.0. The maximum Gasteiger partial charge on any atom is 0.274 e. The first-order chi connectivity index (χ1) is 16.2. The molecule has 4 rings (SSSR count). The zero-order valence-corrected chi connectivity index (χ0v) is 21.0. The van der Waals surface area contributed by atoms with Crippen LogP contribution >= 0.6 is 0 Å². The Morgan fingerprint density at radius 1 is 1.00 bits per heavy atom. The Morgan fingerprint density at radius 2 is 1.71 bits per heavy atom. The molecule has 3 heterocycles. The summed E-state index contributed by atoms with van der Waals surface area (Å²) in [7, 11) is 0. The van der Waals surface area contributed by atoms with E-state index in [1.807, 2.05) is 21.7 Å². The molecule has 0 saturated carbocycles. The van der Waals surface area contributed by atoms with Crippen molar-refractivity contribution in [2.24, 2.45) is 0 Å². The Labute approximate surface area is 202 Å². The van der Waals surface area contributed by atoms with E-state index in [0.29, 0.717) is 18.8 Å². The highest BCUT2D eigenvalue weighted by Gasteiger charge is 2.24. The van der Waals surface area contributed by atoms with E-state index in [4.69, 9.17) is 4.74 Å². The van der Waals surface area contributed by atoms with Crippen molar-refractivity contribution in [1.82, 2.24) is 29.4 Å². The number of carbonyl (C=O) groups excluding carboxylic acids is 1. The van der Waals surface area contributed by atoms with E-state index in [2.05, 4.69) is 68.0 Å². The van der Waals surface area contributed by atoms with Crippen LogP contribution in [-0.2, 0) is 25.2 Å². The van der Waals surface area contributed by atoms with Gasteiger partial charge in [0.15, 0.2) is 12.4 Å². The SMILES string of the molecule is CCn1cc(CN2CCN(C(=O)c3ccn(COc4ccc(C(C)(C)C)cc4)n3)CC2)c(C)n1. The van der Waals surface area contributed by atoms with Crippen molar-refractivity contribution < 1.29 is 9.53 Å². The van der Waals surface area contributed by atoms with Gasteiger partial charge in [-0.1, -0.05) is 32.9 Å². The van der Waals surface area contributed by atoms with Gasteiger partial charge in [-0.15, -0.1) is 0 Å². The van der Waals surface area contributed by atoms with Crippen LogP contribution in [-0.4, -0.2) is 61.4 Å². The minimum atomic E-state index is -0.0251. The van der Waals surface area contributed by atoms with Crippen LogP contribution in [0.1, 0.15) is 55.0 Å². The molecular formula is C26H36N6O2. The molecule has 0 radical (unpaired) electrons. The highest BCUT2D eigenvalue weighted by atomic mass is 16.5. The molecule has 0 spiro atoms. The fourth-order valence-corrected chi connectivity index (χ4v) is 4.13. The van der Waals surface area contributed by atoms with Crippen LogP contribution in [0.4, 0.5) is 0 Å². The Bertz CT molecular complexity index is 1100. The summed E-state index contributed by atoms with van der Waals surface area (Å²) in [4.78, 5) is 17.2. The van der Waals surface area contributed by atoms with Crippen LogP contribution in [0.3, 0.4) is 0 Å². The fraction of sp³-hybridized carbons (Fsp3) is 0.500. The maximum atomic E-state index is 13.0. The summed E-state index contributed by atoms with van der Waals surface area (Å²) in [6.45, 7) is 15.8. The first kappa shape index (κ1) is 24.0. The lowest BCUT2D eigenvalue weighted by Crippen LogP contribution is -2.48. The van der Waals surface area contributed by atoms with Crippen molar-refractivity contribution in [3.05, 3.63) is 65.2 Å². The van der Waals surface area contributed by atoms with Crippen LogP contribution in [0.25, 0.3) is 0 Å². The molecule has 0 unspecified atom stereocenters. The fourth-order valence-electron chi connectivity index (χ4n) is 4.13. The molecule has 1 fully saturated rings. The van der Waals surface area contributed by atoms with Gasteiger partial charge >= 0.3 is 0 Å². The van der Waals surface area contributed by atoms with Gasteiger partial charge in [0.1, 0.15) is 5.75 Å². The van der Waals surface area contributed by atoms with Crippen LogP contribution < -0.4 is 4.74 Å². The number of carbonyl (C=O) groups is 1. The molecule has 3 aromatic rings. The zero-order chi connectivity index (χ0) is 24.3. The van der Waals surface area contributed by atoms with Gasteiger partial charge in [0.05, 0.1) is 5.69 Å². The van der Waals surface area contributed by atoms with Crippen LogP contribution in [0.2, 0.25) is 0 Å². The summed E-state index contributed by atoms with van der Waals surface area (Å²) in [5, 5.41) is 8.98. The number of amides is 1. The Kier molecular flexibility index (Phi) is 7.07. The van der Waals surface area contributed by atoms with E-state index in [-0.39, 0.29) is 18.1 Å². The van der Waals surface area contributed by atoms with Crippen LogP contribution in [0.5, 0.6) is 5.75 Å². The summed E-state index contributed by atoms with van der Waals surface area (Å²) in [5.41, 5.74) is 4.17. The van der Waals surface area contributed by atoms with Crippen molar-refractivity contribution in [2.45, 2.75) is 59.9 Å². The van der Waals surface area contributed by atoms with Gasteiger partial charge in [-0.2, -0.15) is 10.2 Å². The molecular weight excluding hydrogens is 428 g/mol. The highest BCUT2D eigenvalue weighted by molar-refractivity contribution is 5.92. The van der Waals surface area contributed by atoms with Crippen LogP contribution in [0, 0.1) is 6.92 Å². The number of nitrogens with zero attached hydrogens (tertiary/aromatic N) is 6. The summed E-state index contributed by atoms with van der Waals surface area (Å²) < 4.78 is 9.49. The Hall–Kier alpha value is -3.13. The first-order valence-electron chi connectivity index (χ1n) is 12.0. The van der Waals surface area contributed by atoms with E-state index >= 15 is 0 Å². The third kappa shape index (κ3) is 5.67. The summed E-state index contributed by atoms with van der Waals surface area (Å²) in [5.74, 6) is 0.759. The van der Waals surface area contributed by atoms with Gasteiger partial charge in [-0.3, -0.25) is 14.4 Å². The summed E-state index contributed by atoms with van der Waals surface area (Å²) in [6, 6.07) is 9.90. The average molecular weight is 465 g/mol. The lowest BCUT2D eigenvalue weighted by molar-refractivity contribution is 0.0620. The van der Waals surface area contributed by atoms with E-state index in [0.717, 1.165) is 37.6 Å². The van der Waals surface area contributed by atoms with Gasteiger partial charge in [-0.05, 0) is 43.0 Å². The number of rotatable bonds is 7. The topological polar surface area (TPSA) is 68.4 Å². The number of hydrogen-bond donors (Lipinski definition) is 0.